The Bertz CT molecular complexity index is 1210. The molecule has 11 heteroatoms. The smallest absolute Gasteiger partial charge is 0.361 e. The molecule has 0 unspecified atom stereocenters. The van der Waals surface area contributed by atoms with E-state index in [0.29, 0.717) is 17.4 Å². The van der Waals surface area contributed by atoms with E-state index in [1.54, 1.807) is 35.5 Å². The number of unbranched alkanes of at least 4 members (excludes halogenated alkanes) is 1. The van der Waals surface area contributed by atoms with Gasteiger partial charge in [-0.1, -0.05) is 25.1 Å². The molecule has 1 saturated heterocycles. The molecule has 0 aromatic carbocycles. The molecule has 182 valence electrons. The highest BCUT2D eigenvalue weighted by Crippen LogP contribution is 2.27. The van der Waals surface area contributed by atoms with Gasteiger partial charge in [-0.15, -0.1) is 11.8 Å². The van der Waals surface area contributed by atoms with Crippen LogP contribution in [-0.2, 0) is 17.2 Å². The molecule has 0 amide bonds. The zero-order chi connectivity index (χ0) is 23.8. The third-order valence-electron chi connectivity index (χ3n) is 5.41. The maximum atomic E-state index is 12.4. The molecule has 2 aliphatic rings. The van der Waals surface area contributed by atoms with Crippen LogP contribution < -0.4 is 16.5 Å². The molecule has 3 heterocycles. The van der Waals surface area contributed by atoms with Gasteiger partial charge in [-0.3, -0.25) is 0 Å². The molecule has 0 atom stereocenters. The summed E-state index contributed by atoms with van der Waals surface area (Å²) in [5.74, 6) is 1.60. The molecule has 0 bridgehead atoms. The van der Waals surface area contributed by atoms with Crippen molar-refractivity contribution in [3.05, 3.63) is 44.6 Å². The number of thioether (sulfide) groups is 2. The monoisotopic (exact) mass is 513 g/mol. The molecule has 8 nitrogen and oxygen atoms in total. The minimum atomic E-state index is -4.20. The van der Waals surface area contributed by atoms with Crippen LogP contribution in [0.15, 0.2) is 32.5 Å². The van der Waals surface area contributed by atoms with E-state index in [2.05, 4.69) is 17.6 Å². The van der Waals surface area contributed by atoms with E-state index in [9.17, 15) is 17.8 Å². The number of nitrogens with zero attached hydrogens (tertiary/aromatic N) is 3. The Morgan fingerprint density at radius 3 is 2.76 bits per heavy atom. The molecule has 1 aromatic heterocycles. The second-order valence-electron chi connectivity index (χ2n) is 7.85. The lowest BCUT2D eigenvalue weighted by atomic mass is 10.3. The summed E-state index contributed by atoms with van der Waals surface area (Å²) in [6.45, 7) is 5.60. The van der Waals surface area contributed by atoms with Crippen molar-refractivity contribution in [2.24, 2.45) is 7.05 Å². The molecule has 1 fully saturated rings. The van der Waals surface area contributed by atoms with Crippen molar-refractivity contribution in [2.75, 3.05) is 43.4 Å². The summed E-state index contributed by atoms with van der Waals surface area (Å²) in [4.78, 5) is 14.4. The third-order valence-corrected chi connectivity index (χ3v) is 8.35. The van der Waals surface area contributed by atoms with Gasteiger partial charge in [0.2, 0.25) is 10.6 Å². The lowest BCUT2D eigenvalue weighted by molar-refractivity contribution is -0.517. The standard InChI is InChI=1S/C22H31N3O5S3/c1-3-4-11-24-13-15-31-20(24)8-5-7-19-23(2)18(22(26)30-19)9-10-21-25(14-16-32-21)12-6-17-33(27,28)29/h5,7-10H,3-4,6,11-17H2,1-2H3/b18-9+,21-10+. The average Bonchev–Trinajstić information content (AvgIpc) is 3.45. The van der Waals surface area contributed by atoms with Crippen molar-refractivity contribution >= 4 is 50.8 Å². The van der Waals surface area contributed by atoms with Crippen molar-refractivity contribution in [1.82, 2.24) is 9.47 Å². The number of hydrogen-bond acceptors (Lipinski definition) is 8. The van der Waals surface area contributed by atoms with Crippen LogP contribution in [0.2, 0.25) is 0 Å². The molecule has 0 N–H and O–H groups in total. The predicted octanol–water partition coefficient (Wildman–Crippen LogP) is 0.879. The molecule has 1 aromatic rings. The molecule has 0 spiro atoms. The maximum absolute atomic E-state index is 12.4. The topological polar surface area (TPSA) is 98.6 Å². The summed E-state index contributed by atoms with van der Waals surface area (Å²) in [7, 11) is -2.41. The highest BCUT2D eigenvalue weighted by Gasteiger charge is 2.20. The maximum Gasteiger partial charge on any atom is 0.361 e. The van der Waals surface area contributed by atoms with Crippen LogP contribution in [0.25, 0.3) is 12.2 Å². The molecule has 0 aliphatic carbocycles. The Morgan fingerprint density at radius 2 is 2.00 bits per heavy atom. The summed E-state index contributed by atoms with van der Waals surface area (Å²) in [6, 6.07) is 0. The first-order chi connectivity index (χ1) is 15.8. The van der Waals surface area contributed by atoms with Crippen LogP contribution in [0.3, 0.4) is 0 Å². The fraction of sp³-hybridized carbons (Fsp3) is 0.545. The van der Waals surface area contributed by atoms with E-state index >= 15 is 0 Å². The van der Waals surface area contributed by atoms with Crippen molar-refractivity contribution in [2.45, 2.75) is 26.2 Å². The fourth-order valence-electron chi connectivity index (χ4n) is 3.62. The van der Waals surface area contributed by atoms with Crippen molar-refractivity contribution in [1.29, 1.82) is 0 Å². The van der Waals surface area contributed by atoms with Gasteiger partial charge >= 0.3 is 5.63 Å². The minimum Gasteiger partial charge on any atom is -0.748 e. The summed E-state index contributed by atoms with van der Waals surface area (Å²) in [6.07, 6.45) is 12.0. The fourth-order valence-corrected chi connectivity index (χ4v) is 6.21. The van der Waals surface area contributed by atoms with Crippen LogP contribution in [-0.4, -0.2) is 75.5 Å². The predicted molar refractivity (Wildman–Crippen MR) is 135 cm³/mol. The lowest BCUT2D eigenvalue weighted by Gasteiger charge is -2.19. The first kappa shape index (κ1) is 25.9. The van der Waals surface area contributed by atoms with E-state index in [1.165, 1.54) is 17.9 Å². The van der Waals surface area contributed by atoms with E-state index in [-0.39, 0.29) is 12.2 Å². The molecule has 0 radical (unpaired) electrons. The molecular formula is C22H31N3O5S3. The Kier molecular flexibility index (Phi) is 9.54. The van der Waals surface area contributed by atoms with Crippen LogP contribution in [0, 0.1) is 0 Å². The first-order valence-electron chi connectivity index (χ1n) is 11.1. The molecule has 3 rings (SSSR count). The molecule has 2 aliphatic heterocycles. The second-order valence-corrected chi connectivity index (χ2v) is 11.6. The van der Waals surface area contributed by atoms with Gasteiger partial charge < -0.3 is 18.4 Å². The van der Waals surface area contributed by atoms with Gasteiger partial charge in [0, 0.05) is 44.1 Å². The van der Waals surface area contributed by atoms with Crippen molar-refractivity contribution < 1.29 is 22.0 Å². The summed E-state index contributed by atoms with van der Waals surface area (Å²) < 4.78 is 42.0. The zero-order valence-corrected chi connectivity index (χ0v) is 21.5. The second kappa shape index (κ2) is 12.1. The largest absolute Gasteiger partial charge is 0.748 e. The van der Waals surface area contributed by atoms with Crippen LogP contribution >= 0.6 is 23.5 Å². The van der Waals surface area contributed by atoms with Crippen molar-refractivity contribution in [3.8, 4) is 0 Å². The molecule has 33 heavy (non-hydrogen) atoms. The zero-order valence-electron chi connectivity index (χ0n) is 19.1. The Morgan fingerprint density at radius 1 is 1.18 bits per heavy atom. The Hall–Kier alpha value is -1.69. The van der Waals surface area contributed by atoms with Gasteiger partial charge in [0.15, 0.2) is 6.54 Å². The Labute approximate surface area is 203 Å². The average molecular weight is 514 g/mol. The van der Waals surface area contributed by atoms with Gasteiger partial charge in [0.1, 0.15) is 11.9 Å². The van der Waals surface area contributed by atoms with Crippen LogP contribution in [0.1, 0.15) is 26.2 Å². The van der Waals surface area contributed by atoms with Crippen molar-refractivity contribution in [3.63, 3.8) is 0 Å². The summed E-state index contributed by atoms with van der Waals surface area (Å²) >= 11 is 3.48. The highest BCUT2D eigenvalue weighted by molar-refractivity contribution is 8.14. The number of allylic oxidation sites excluding steroid dienone is 2. The summed E-state index contributed by atoms with van der Waals surface area (Å²) in [5.41, 5.74) is 0.0645. The van der Waals surface area contributed by atoms with E-state index in [1.807, 2.05) is 28.8 Å². The quantitative estimate of drug-likeness (QED) is 0.336. The van der Waals surface area contributed by atoms with Gasteiger partial charge in [-0.25, -0.2) is 17.8 Å². The number of aromatic nitrogens is 1. The van der Waals surface area contributed by atoms with E-state index in [0.717, 1.165) is 36.2 Å². The lowest BCUT2D eigenvalue weighted by Crippen LogP contribution is -2.29. The molecule has 0 saturated carbocycles. The number of rotatable bonds is 10. The third kappa shape index (κ3) is 7.66. The van der Waals surface area contributed by atoms with Crippen LogP contribution in [0.4, 0.5) is 0 Å². The number of hydrogen-bond donors (Lipinski definition) is 0. The minimum absolute atomic E-state index is 0.286. The van der Waals surface area contributed by atoms with Gasteiger partial charge in [0.25, 0.3) is 0 Å². The van der Waals surface area contributed by atoms with Gasteiger partial charge in [0.05, 0.1) is 20.9 Å². The van der Waals surface area contributed by atoms with Crippen LogP contribution in [0.5, 0.6) is 0 Å². The Balaban J connectivity index is 1.75. The normalized spacial score (nSPS) is 19.8. The SMILES string of the molecule is CCCC[N+]1=C(/C=C/C=c2/oc(=O)/c(=C\C=C3\SCCN3CCCS(=O)(=O)[O-])n2C)SCC1. The van der Waals surface area contributed by atoms with Gasteiger partial charge in [-0.05, 0) is 30.7 Å². The first-order valence-corrected chi connectivity index (χ1v) is 14.7. The molecular weight excluding hydrogens is 482 g/mol. The van der Waals surface area contributed by atoms with Gasteiger partial charge in [-0.2, -0.15) is 0 Å². The van der Waals surface area contributed by atoms with E-state index < -0.39 is 15.7 Å². The van der Waals surface area contributed by atoms with E-state index in [4.69, 9.17) is 4.42 Å². The summed E-state index contributed by atoms with van der Waals surface area (Å²) in [5, 5.41) is 2.63. The number of oxazole rings is 1. The highest BCUT2D eigenvalue weighted by atomic mass is 32.2.